The van der Waals surface area contributed by atoms with Crippen molar-refractivity contribution >= 4 is 22.9 Å². The molecule has 36 heavy (non-hydrogen) atoms. The van der Waals surface area contributed by atoms with Gasteiger partial charge in [0.2, 0.25) is 0 Å². The second kappa shape index (κ2) is 13.6. The van der Waals surface area contributed by atoms with E-state index >= 15 is 4.39 Å². The molecule has 0 heterocycles. The summed E-state index contributed by atoms with van der Waals surface area (Å²) in [6.45, 7) is 11.4. The van der Waals surface area contributed by atoms with Crippen LogP contribution in [0.2, 0.25) is 0 Å². The topological polar surface area (TPSA) is 47.3 Å². The van der Waals surface area contributed by atoms with E-state index < -0.39 is 11.6 Å². The van der Waals surface area contributed by atoms with Crippen LogP contribution in [0.1, 0.15) is 65.0 Å². The predicted molar refractivity (Wildman–Crippen MR) is 145 cm³/mol. The lowest BCUT2D eigenvalue weighted by Gasteiger charge is -2.28. The van der Waals surface area contributed by atoms with Crippen molar-refractivity contribution in [3.8, 4) is 6.07 Å². The first kappa shape index (κ1) is 28.8. The Labute approximate surface area is 214 Å². The lowest BCUT2D eigenvalue weighted by Crippen LogP contribution is -2.27. The number of anilines is 2. The number of carbonyl (C=O) groups is 1. The van der Waals surface area contributed by atoms with Gasteiger partial charge in [-0.1, -0.05) is 39.3 Å². The maximum absolute atomic E-state index is 15.5. The van der Waals surface area contributed by atoms with Crippen LogP contribution in [-0.4, -0.2) is 25.9 Å². The summed E-state index contributed by atoms with van der Waals surface area (Å²) in [7, 11) is 1.68. The van der Waals surface area contributed by atoms with Crippen molar-refractivity contribution in [3.05, 3.63) is 76.9 Å². The molecule has 0 aliphatic rings. The fraction of sp³-hybridized carbons (Fsp3) is 0.400. The number of ketones is 1. The molecule has 0 spiro atoms. The molecule has 1 unspecified atom stereocenters. The van der Waals surface area contributed by atoms with Crippen LogP contribution in [0.5, 0.6) is 0 Å². The van der Waals surface area contributed by atoms with Gasteiger partial charge in [-0.15, -0.1) is 0 Å². The van der Waals surface area contributed by atoms with E-state index in [1.807, 2.05) is 12.1 Å². The van der Waals surface area contributed by atoms with Gasteiger partial charge >= 0.3 is 0 Å². The van der Waals surface area contributed by atoms with Crippen molar-refractivity contribution in [1.82, 2.24) is 0 Å². The Hall–Kier alpha value is -3.46. The van der Waals surface area contributed by atoms with Crippen LogP contribution in [0.25, 0.3) is 5.70 Å². The molecule has 1 atom stereocenters. The lowest BCUT2D eigenvalue weighted by molar-refractivity contribution is -0.113. The van der Waals surface area contributed by atoms with Gasteiger partial charge in [-0.2, -0.15) is 5.26 Å². The molecule has 0 saturated heterocycles. The smallest absolute Gasteiger partial charge is 0.159 e. The molecular weight excluding hydrogens is 456 g/mol. The highest BCUT2D eigenvalue weighted by molar-refractivity contribution is 5.99. The van der Waals surface area contributed by atoms with Crippen molar-refractivity contribution in [2.45, 2.75) is 53.9 Å². The highest BCUT2D eigenvalue weighted by Gasteiger charge is 2.18. The van der Waals surface area contributed by atoms with E-state index in [1.165, 1.54) is 25.1 Å². The van der Waals surface area contributed by atoms with E-state index in [0.717, 1.165) is 38.0 Å². The van der Waals surface area contributed by atoms with Gasteiger partial charge in [0.05, 0.1) is 11.3 Å². The maximum Gasteiger partial charge on any atom is 0.159 e. The number of nitriles is 1. The number of Topliss-reactive ketones (excluding diaryl/α,β-unsaturated/α-hetero) is 1. The van der Waals surface area contributed by atoms with Crippen LogP contribution in [-0.2, 0) is 4.79 Å². The maximum atomic E-state index is 15.5. The minimum atomic E-state index is -0.675. The molecule has 0 N–H and O–H groups in total. The van der Waals surface area contributed by atoms with Gasteiger partial charge in [0.25, 0.3) is 0 Å². The molecule has 0 saturated carbocycles. The summed E-state index contributed by atoms with van der Waals surface area (Å²) in [5.41, 5.74) is 2.32. The number of rotatable bonds is 12. The molecule has 0 fully saturated rings. The van der Waals surface area contributed by atoms with Gasteiger partial charge in [0.15, 0.2) is 5.78 Å². The first-order valence-electron chi connectivity index (χ1n) is 12.5. The molecule has 6 heteroatoms. The first-order valence-corrected chi connectivity index (χ1v) is 12.5. The molecule has 4 nitrogen and oxygen atoms in total. The fourth-order valence-electron chi connectivity index (χ4n) is 3.99. The van der Waals surface area contributed by atoms with Gasteiger partial charge in [-0.05, 0) is 69.0 Å². The van der Waals surface area contributed by atoms with Crippen LogP contribution >= 0.6 is 0 Å². The summed E-state index contributed by atoms with van der Waals surface area (Å²) in [6.07, 6.45) is 6.38. The monoisotopic (exact) mass is 493 g/mol. The second-order valence-electron chi connectivity index (χ2n) is 9.12. The summed E-state index contributed by atoms with van der Waals surface area (Å²) in [5, 5.41) is 9.10. The van der Waals surface area contributed by atoms with E-state index in [0.29, 0.717) is 28.4 Å². The average molecular weight is 494 g/mol. The Balaban J connectivity index is 2.52. The number of allylic oxidation sites excluding steroid dienone is 3. The minimum Gasteiger partial charge on any atom is -0.371 e. The highest BCUT2D eigenvalue weighted by Crippen LogP contribution is 2.32. The van der Waals surface area contributed by atoms with E-state index in [1.54, 1.807) is 43.2 Å². The number of hydrogen-bond donors (Lipinski definition) is 0. The number of benzene rings is 2. The lowest BCUT2D eigenvalue weighted by atomic mass is 10.0. The van der Waals surface area contributed by atoms with Crippen molar-refractivity contribution in [3.63, 3.8) is 0 Å². The molecule has 192 valence electrons. The van der Waals surface area contributed by atoms with Crippen LogP contribution in [0.15, 0.2) is 54.1 Å². The molecular formula is C30H37F2N3O. The van der Waals surface area contributed by atoms with Crippen molar-refractivity contribution < 1.29 is 13.6 Å². The molecule has 2 aromatic carbocycles. The molecule has 0 radical (unpaired) electrons. The fourth-order valence-corrected chi connectivity index (χ4v) is 3.99. The van der Waals surface area contributed by atoms with Gasteiger partial charge in [0.1, 0.15) is 17.7 Å². The number of hydrogen-bond acceptors (Lipinski definition) is 4. The number of carbonyl (C=O) groups excluding carboxylic acids is 1. The SMILES string of the molecule is C/C=C(\C=C(\c1ccc(C#N)c(F)c1)N(C)c1ccc(N(CCC)CCC(C)CC)cc1F)C(C)=O. The summed E-state index contributed by atoms with van der Waals surface area (Å²) in [4.78, 5) is 15.9. The zero-order valence-corrected chi connectivity index (χ0v) is 22.2. The molecule has 0 aromatic heterocycles. The summed E-state index contributed by atoms with van der Waals surface area (Å²) < 4.78 is 30.0. The van der Waals surface area contributed by atoms with Crippen molar-refractivity contribution in [2.24, 2.45) is 5.92 Å². The van der Waals surface area contributed by atoms with Crippen molar-refractivity contribution in [2.75, 3.05) is 29.9 Å². The van der Waals surface area contributed by atoms with Crippen LogP contribution in [0.4, 0.5) is 20.2 Å². The average Bonchev–Trinajstić information content (AvgIpc) is 2.86. The second-order valence-corrected chi connectivity index (χ2v) is 9.12. The van der Waals surface area contributed by atoms with Gasteiger partial charge in [-0.25, -0.2) is 8.78 Å². The Morgan fingerprint density at radius 2 is 1.83 bits per heavy atom. The zero-order chi connectivity index (χ0) is 26.8. The number of halogens is 2. The highest BCUT2D eigenvalue weighted by atomic mass is 19.1. The Bertz CT molecular complexity index is 1160. The summed E-state index contributed by atoms with van der Waals surface area (Å²) >= 11 is 0. The summed E-state index contributed by atoms with van der Waals surface area (Å²) in [5.74, 6) is -0.650. The third-order valence-electron chi connectivity index (χ3n) is 6.50. The number of nitrogens with zero attached hydrogens (tertiary/aromatic N) is 3. The van der Waals surface area contributed by atoms with Gasteiger partial charge in [0, 0.05) is 42.7 Å². The Morgan fingerprint density at radius 1 is 1.11 bits per heavy atom. The standard InChI is InChI=1S/C30H37F2N3O/c1-7-15-35(16-14-21(4)8-2)26-12-13-29(28(32)19-26)34(6)30(18-23(9-3)22(5)36)24-10-11-25(20-33)27(31)17-24/h9-13,17-19,21H,7-8,14-16H2,1-6H3/b23-9+,30-18-. The van der Waals surface area contributed by atoms with Crippen LogP contribution < -0.4 is 9.80 Å². The van der Waals surface area contributed by atoms with Crippen molar-refractivity contribution in [1.29, 1.82) is 5.26 Å². The van der Waals surface area contributed by atoms with E-state index in [2.05, 4.69) is 25.7 Å². The minimum absolute atomic E-state index is 0.0810. The molecule has 0 amide bonds. The molecule has 2 rings (SSSR count). The van der Waals surface area contributed by atoms with Gasteiger partial charge < -0.3 is 9.80 Å². The molecule has 0 aliphatic carbocycles. The van der Waals surface area contributed by atoms with Crippen LogP contribution in [0, 0.1) is 28.9 Å². The first-order chi connectivity index (χ1) is 17.2. The van der Waals surface area contributed by atoms with Gasteiger partial charge in [-0.3, -0.25) is 4.79 Å². The van der Waals surface area contributed by atoms with Crippen LogP contribution in [0.3, 0.4) is 0 Å². The largest absolute Gasteiger partial charge is 0.371 e. The normalized spacial score (nSPS) is 12.8. The third kappa shape index (κ3) is 7.27. The molecule has 0 bridgehead atoms. The van der Waals surface area contributed by atoms with E-state index in [-0.39, 0.29) is 11.3 Å². The van der Waals surface area contributed by atoms with E-state index in [4.69, 9.17) is 5.26 Å². The molecule has 0 aliphatic heterocycles. The zero-order valence-electron chi connectivity index (χ0n) is 22.2. The summed E-state index contributed by atoms with van der Waals surface area (Å²) in [6, 6.07) is 11.2. The quantitative estimate of drug-likeness (QED) is 0.227. The van der Waals surface area contributed by atoms with E-state index in [9.17, 15) is 9.18 Å². The Kier molecular flexibility index (Phi) is 10.9. The Morgan fingerprint density at radius 3 is 2.36 bits per heavy atom. The third-order valence-corrected chi connectivity index (χ3v) is 6.50. The molecule has 2 aromatic rings. The predicted octanol–water partition coefficient (Wildman–Crippen LogP) is 7.50.